The van der Waals surface area contributed by atoms with Crippen molar-refractivity contribution in [3.8, 4) is 0 Å². The monoisotopic (exact) mass is 466 g/mol. The fourth-order valence-corrected chi connectivity index (χ4v) is 2.76. The van der Waals surface area contributed by atoms with E-state index in [-0.39, 0.29) is 38.2 Å². The van der Waals surface area contributed by atoms with Gasteiger partial charge >= 0.3 is 12.1 Å². The summed E-state index contributed by atoms with van der Waals surface area (Å²) in [5, 5.41) is 41.9. The van der Waals surface area contributed by atoms with Gasteiger partial charge in [-0.15, -0.1) is 0 Å². The molecule has 1 fully saturated rings. The first-order valence-corrected chi connectivity index (χ1v) is 10.4. The number of ether oxygens (including phenoxy) is 4. The van der Waals surface area contributed by atoms with E-state index in [0.717, 1.165) is 0 Å². The lowest BCUT2D eigenvalue weighted by Gasteiger charge is -2.37. The molecule has 7 N–H and O–H groups in total. The van der Waals surface area contributed by atoms with Crippen molar-refractivity contribution in [1.29, 1.82) is 0 Å². The van der Waals surface area contributed by atoms with Crippen LogP contribution in [0.15, 0.2) is 0 Å². The Bertz CT molecular complexity index is 606. The van der Waals surface area contributed by atoms with E-state index in [0.29, 0.717) is 6.42 Å². The molecule has 7 atom stereocenters. The van der Waals surface area contributed by atoms with Gasteiger partial charge in [-0.2, -0.15) is 0 Å². The van der Waals surface area contributed by atoms with Gasteiger partial charge in [0, 0.05) is 19.4 Å². The van der Waals surface area contributed by atoms with E-state index in [9.17, 15) is 34.8 Å². The third-order valence-corrected chi connectivity index (χ3v) is 4.78. The van der Waals surface area contributed by atoms with E-state index >= 15 is 0 Å². The molecule has 0 radical (unpaired) electrons. The number of carbonyl (C=O) groups excluding carboxylic acids is 3. The number of nitrogens with one attached hydrogen (secondary N) is 1. The van der Waals surface area contributed by atoms with Gasteiger partial charge in [-0.1, -0.05) is 6.92 Å². The quantitative estimate of drug-likeness (QED) is 0.127. The van der Waals surface area contributed by atoms with Crippen molar-refractivity contribution in [3.63, 3.8) is 0 Å². The standard InChI is InChI=1S/C19H34N2O11/c1-3-12(23)17(27)11(20)8-29-18-14(25)6-13(24)15(32-18)7-21-19(28)31-9-30-16(26)5-4-10(2)22/h11-15,17-18,23-25,27H,3-9,20H2,1-2H3,(H,21,28)/t11-,12+,13+,14?,15?,17-,18-/m0/s1. The normalized spacial score (nSPS) is 26.0. The van der Waals surface area contributed by atoms with E-state index in [1.807, 2.05) is 0 Å². The number of hydrogen-bond acceptors (Lipinski definition) is 12. The van der Waals surface area contributed by atoms with E-state index in [2.05, 4.69) is 14.8 Å². The Morgan fingerprint density at radius 3 is 2.47 bits per heavy atom. The van der Waals surface area contributed by atoms with Crippen LogP contribution in [0.2, 0.25) is 0 Å². The Morgan fingerprint density at radius 1 is 1.16 bits per heavy atom. The summed E-state index contributed by atoms with van der Waals surface area (Å²) in [7, 11) is 0. The summed E-state index contributed by atoms with van der Waals surface area (Å²) in [6.07, 6.45) is -7.51. The number of carbonyl (C=O) groups is 3. The lowest BCUT2D eigenvalue weighted by Crippen LogP contribution is -2.54. The molecule has 13 heteroatoms. The van der Waals surface area contributed by atoms with Gasteiger partial charge in [0.1, 0.15) is 18.0 Å². The van der Waals surface area contributed by atoms with Crippen molar-refractivity contribution in [3.05, 3.63) is 0 Å². The van der Waals surface area contributed by atoms with Crippen LogP contribution < -0.4 is 11.1 Å². The molecule has 0 aromatic rings. The van der Waals surface area contributed by atoms with Gasteiger partial charge in [-0.05, 0) is 13.3 Å². The van der Waals surface area contributed by atoms with Gasteiger partial charge in [-0.25, -0.2) is 4.79 Å². The van der Waals surface area contributed by atoms with Gasteiger partial charge in [0.2, 0.25) is 6.79 Å². The molecule has 1 aliphatic heterocycles. The number of hydrogen-bond donors (Lipinski definition) is 6. The van der Waals surface area contributed by atoms with Crippen LogP contribution in [0, 0.1) is 0 Å². The molecule has 1 heterocycles. The van der Waals surface area contributed by atoms with Crippen molar-refractivity contribution in [2.75, 3.05) is 19.9 Å². The van der Waals surface area contributed by atoms with Crippen LogP contribution >= 0.6 is 0 Å². The van der Waals surface area contributed by atoms with Crippen LogP contribution in [-0.2, 0) is 28.5 Å². The second-order valence-corrected chi connectivity index (χ2v) is 7.53. The number of rotatable bonds is 13. The zero-order valence-corrected chi connectivity index (χ0v) is 18.2. The second kappa shape index (κ2) is 14.3. The molecule has 0 aromatic carbocycles. The van der Waals surface area contributed by atoms with E-state index < -0.39 is 61.7 Å². The first-order valence-electron chi connectivity index (χ1n) is 10.4. The van der Waals surface area contributed by atoms with Crippen molar-refractivity contribution >= 4 is 17.8 Å². The highest BCUT2D eigenvalue weighted by atomic mass is 16.7. The summed E-state index contributed by atoms with van der Waals surface area (Å²) >= 11 is 0. The van der Waals surface area contributed by atoms with E-state index in [1.165, 1.54) is 6.92 Å². The number of esters is 1. The van der Waals surface area contributed by atoms with Crippen molar-refractivity contribution in [2.24, 2.45) is 5.73 Å². The molecule has 32 heavy (non-hydrogen) atoms. The average Bonchev–Trinajstić information content (AvgIpc) is 2.74. The Labute approximate surface area is 185 Å². The number of aliphatic hydroxyl groups excluding tert-OH is 4. The topological polar surface area (TPSA) is 207 Å². The van der Waals surface area contributed by atoms with Gasteiger partial charge in [-0.3, -0.25) is 4.79 Å². The first-order chi connectivity index (χ1) is 15.0. The minimum absolute atomic E-state index is 0.0279. The van der Waals surface area contributed by atoms with Crippen LogP contribution in [0.25, 0.3) is 0 Å². The van der Waals surface area contributed by atoms with Crippen LogP contribution in [0.3, 0.4) is 0 Å². The van der Waals surface area contributed by atoms with Crippen molar-refractivity contribution in [1.82, 2.24) is 5.32 Å². The molecule has 0 aromatic heterocycles. The zero-order valence-electron chi connectivity index (χ0n) is 18.2. The van der Waals surface area contributed by atoms with E-state index in [1.54, 1.807) is 6.92 Å². The SMILES string of the molecule is CC[C@@H](O)[C@@H](O)[C@@H](N)CO[C@H]1OC(CNC(=O)OCOC(=O)CCC(C)=O)[C@H](O)CC1O. The molecule has 1 saturated heterocycles. The molecule has 186 valence electrons. The highest BCUT2D eigenvalue weighted by Crippen LogP contribution is 2.21. The Morgan fingerprint density at radius 2 is 1.84 bits per heavy atom. The maximum atomic E-state index is 11.7. The van der Waals surface area contributed by atoms with Gasteiger partial charge in [0.15, 0.2) is 6.29 Å². The lowest BCUT2D eigenvalue weighted by atomic mass is 10.0. The third kappa shape index (κ3) is 10.2. The van der Waals surface area contributed by atoms with Crippen LogP contribution in [-0.4, -0.2) is 101 Å². The summed E-state index contributed by atoms with van der Waals surface area (Å²) in [5.74, 6) is -0.862. The molecular formula is C19H34N2O11. The first kappa shape index (κ1) is 28.2. The lowest BCUT2D eigenvalue weighted by molar-refractivity contribution is -0.266. The fraction of sp³-hybridized carbons (Fsp3) is 0.842. The second-order valence-electron chi connectivity index (χ2n) is 7.53. The number of Topliss-reactive ketones (excluding diaryl/α,β-unsaturated/α-hetero) is 1. The molecule has 2 unspecified atom stereocenters. The summed E-state index contributed by atoms with van der Waals surface area (Å²) in [5.41, 5.74) is 5.77. The molecule has 1 aliphatic rings. The summed E-state index contributed by atoms with van der Waals surface area (Å²) in [6.45, 7) is 1.94. The van der Waals surface area contributed by atoms with Gasteiger partial charge in [0.05, 0.1) is 37.4 Å². The summed E-state index contributed by atoms with van der Waals surface area (Å²) < 4.78 is 20.2. The Kier molecular flexibility index (Phi) is 12.6. The molecule has 13 nitrogen and oxygen atoms in total. The molecule has 0 spiro atoms. The molecule has 1 rings (SSSR count). The smallest absolute Gasteiger partial charge is 0.410 e. The maximum absolute atomic E-state index is 11.7. The number of alkyl carbamates (subject to hydrolysis) is 1. The molecule has 0 saturated carbocycles. The largest absolute Gasteiger partial charge is 0.428 e. The summed E-state index contributed by atoms with van der Waals surface area (Å²) in [6, 6.07) is -0.933. The zero-order chi connectivity index (χ0) is 24.3. The van der Waals surface area contributed by atoms with Crippen molar-refractivity contribution < 1.29 is 53.8 Å². The van der Waals surface area contributed by atoms with E-state index in [4.69, 9.17) is 15.2 Å². The minimum atomic E-state index is -1.23. The van der Waals surface area contributed by atoms with Gasteiger partial charge in [0.25, 0.3) is 0 Å². The Balaban J connectivity index is 2.38. The van der Waals surface area contributed by atoms with Crippen LogP contribution in [0.1, 0.15) is 39.5 Å². The highest BCUT2D eigenvalue weighted by Gasteiger charge is 2.37. The molecule has 0 bridgehead atoms. The average molecular weight is 466 g/mol. The number of amides is 1. The molecule has 0 aliphatic carbocycles. The predicted octanol–water partition coefficient (Wildman–Crippen LogP) is -2.10. The Hall–Kier alpha value is -1.87. The van der Waals surface area contributed by atoms with Crippen molar-refractivity contribution in [2.45, 2.75) is 82.4 Å². The number of aliphatic hydroxyl groups is 4. The van der Waals surface area contributed by atoms with Gasteiger partial charge < -0.3 is 55.2 Å². The minimum Gasteiger partial charge on any atom is -0.428 e. The molecule has 1 amide bonds. The number of nitrogens with two attached hydrogens (primary N) is 1. The summed E-state index contributed by atoms with van der Waals surface area (Å²) in [4.78, 5) is 33.8. The predicted molar refractivity (Wildman–Crippen MR) is 107 cm³/mol. The highest BCUT2D eigenvalue weighted by molar-refractivity contribution is 5.81. The van der Waals surface area contributed by atoms with Crippen LogP contribution in [0.4, 0.5) is 4.79 Å². The molecular weight excluding hydrogens is 432 g/mol. The third-order valence-electron chi connectivity index (χ3n) is 4.78. The number of ketones is 1. The maximum Gasteiger partial charge on any atom is 0.410 e. The fourth-order valence-electron chi connectivity index (χ4n) is 2.76. The van der Waals surface area contributed by atoms with Crippen LogP contribution in [0.5, 0.6) is 0 Å².